The number of hydrogen-bond donors (Lipinski definition) is 0. The maximum atomic E-state index is 12.6. The highest BCUT2D eigenvalue weighted by Crippen LogP contribution is 2.18. The van der Waals surface area contributed by atoms with Crippen molar-refractivity contribution in [3.8, 4) is 0 Å². The minimum atomic E-state index is 0.236. The Morgan fingerprint density at radius 2 is 1.57 bits per heavy atom. The predicted molar refractivity (Wildman–Crippen MR) is 105 cm³/mol. The number of nitrogens with zero attached hydrogens (tertiary/aromatic N) is 2. The van der Waals surface area contributed by atoms with Crippen LogP contribution in [0.15, 0.2) is 22.0 Å². The van der Waals surface area contributed by atoms with Crippen LogP contribution in [-0.4, -0.2) is 48.9 Å². The first-order chi connectivity index (χ1) is 10.6. The number of amides is 1. The Morgan fingerprint density at radius 3 is 2.00 bits per heavy atom. The Hall–Kier alpha value is -0.740. The Kier molecular flexibility index (Phi) is 11.4. The van der Waals surface area contributed by atoms with Gasteiger partial charge in [0.2, 0.25) is 5.91 Å². The third-order valence-electron chi connectivity index (χ3n) is 3.30. The molecule has 0 spiro atoms. The van der Waals surface area contributed by atoms with Crippen molar-refractivity contribution in [2.24, 2.45) is 11.8 Å². The molecule has 1 amide bonds. The van der Waals surface area contributed by atoms with E-state index in [-0.39, 0.29) is 5.91 Å². The van der Waals surface area contributed by atoms with Gasteiger partial charge in [0.25, 0.3) is 0 Å². The van der Waals surface area contributed by atoms with E-state index in [4.69, 9.17) is 0 Å². The lowest BCUT2D eigenvalue weighted by Gasteiger charge is -2.28. The van der Waals surface area contributed by atoms with E-state index in [1.807, 2.05) is 18.9 Å². The molecule has 0 fully saturated rings. The maximum Gasteiger partial charge on any atom is 0.236 e. The average molecular weight is 341 g/mol. The fraction of sp³-hybridized carbons (Fsp3) is 0.737. The molecule has 0 heterocycles. The minimum Gasteiger partial charge on any atom is -0.341 e. The number of thioether (sulfide) groups is 1. The molecular formula is C19H36N2OS. The van der Waals surface area contributed by atoms with Gasteiger partial charge in [0.15, 0.2) is 0 Å². The second kappa shape index (κ2) is 11.7. The first kappa shape index (κ1) is 22.3. The lowest BCUT2D eigenvalue weighted by Crippen LogP contribution is -2.42. The molecule has 0 aliphatic heterocycles. The van der Waals surface area contributed by atoms with Gasteiger partial charge in [0.1, 0.15) is 0 Å². The molecule has 0 N–H and O–H groups in total. The predicted octanol–water partition coefficient (Wildman–Crippen LogP) is 4.62. The van der Waals surface area contributed by atoms with Crippen molar-refractivity contribution in [1.82, 2.24) is 9.80 Å². The van der Waals surface area contributed by atoms with Crippen LogP contribution < -0.4 is 0 Å². The molecule has 23 heavy (non-hydrogen) atoms. The van der Waals surface area contributed by atoms with Crippen molar-refractivity contribution in [3.63, 3.8) is 0 Å². The van der Waals surface area contributed by atoms with E-state index in [0.29, 0.717) is 18.4 Å². The molecule has 0 saturated carbocycles. The first-order valence-electron chi connectivity index (χ1n) is 8.57. The van der Waals surface area contributed by atoms with Crippen molar-refractivity contribution in [1.29, 1.82) is 0 Å². The summed E-state index contributed by atoms with van der Waals surface area (Å²) in [6.07, 6.45) is 2.11. The van der Waals surface area contributed by atoms with E-state index in [9.17, 15) is 4.79 Å². The Balaban J connectivity index is 4.54. The molecule has 0 saturated heterocycles. The highest BCUT2D eigenvalue weighted by Gasteiger charge is 2.17. The first-order valence-corrected chi connectivity index (χ1v) is 9.45. The van der Waals surface area contributed by atoms with Gasteiger partial charge in [-0.15, -0.1) is 11.8 Å². The van der Waals surface area contributed by atoms with Gasteiger partial charge >= 0.3 is 0 Å². The number of carbonyl (C=O) groups is 1. The summed E-state index contributed by atoms with van der Waals surface area (Å²) in [5.41, 5.74) is 1.28. The van der Waals surface area contributed by atoms with E-state index in [1.165, 1.54) is 10.5 Å². The largest absolute Gasteiger partial charge is 0.341 e. The number of hydrogen-bond acceptors (Lipinski definition) is 3. The highest BCUT2D eigenvalue weighted by atomic mass is 32.2. The summed E-state index contributed by atoms with van der Waals surface area (Å²) in [4.78, 5) is 18.0. The molecule has 0 aliphatic carbocycles. The van der Waals surface area contributed by atoms with E-state index in [2.05, 4.69) is 57.9 Å². The lowest BCUT2D eigenvalue weighted by atomic mass is 10.1. The standard InChI is InChI=1S/C19H36N2OS/c1-9-18(7)23-14-17(6)12-20(8)13-19(22)21(10-15(2)3)11-16(4)5/h9,14-16H,10-13H2,1-8H3/b17-14+,18-9+. The van der Waals surface area contributed by atoms with E-state index in [0.717, 1.165) is 19.6 Å². The fourth-order valence-electron chi connectivity index (χ4n) is 2.27. The molecule has 0 aromatic heterocycles. The quantitative estimate of drug-likeness (QED) is 0.580. The topological polar surface area (TPSA) is 23.6 Å². The number of carbonyl (C=O) groups excluding carboxylic acids is 1. The van der Waals surface area contributed by atoms with E-state index in [1.54, 1.807) is 11.8 Å². The van der Waals surface area contributed by atoms with Crippen molar-refractivity contribution in [2.45, 2.75) is 48.5 Å². The van der Waals surface area contributed by atoms with Crippen LogP contribution in [0, 0.1) is 11.8 Å². The van der Waals surface area contributed by atoms with Gasteiger partial charge in [-0.05, 0) is 50.0 Å². The molecule has 0 unspecified atom stereocenters. The molecule has 3 nitrogen and oxygen atoms in total. The summed E-state index contributed by atoms with van der Waals surface area (Å²) in [6.45, 7) is 17.9. The average Bonchev–Trinajstić information content (AvgIpc) is 2.42. The third kappa shape index (κ3) is 11.4. The molecule has 134 valence electrons. The minimum absolute atomic E-state index is 0.236. The third-order valence-corrected chi connectivity index (χ3v) is 4.43. The van der Waals surface area contributed by atoms with Gasteiger partial charge in [-0.25, -0.2) is 0 Å². The smallest absolute Gasteiger partial charge is 0.236 e. The maximum absolute atomic E-state index is 12.6. The van der Waals surface area contributed by atoms with Gasteiger partial charge in [-0.2, -0.15) is 0 Å². The summed E-state index contributed by atoms with van der Waals surface area (Å²) in [5.74, 6) is 1.25. The normalized spacial score (nSPS) is 13.3. The second-order valence-corrected chi connectivity index (χ2v) is 8.36. The van der Waals surface area contributed by atoms with Crippen LogP contribution in [-0.2, 0) is 4.79 Å². The summed E-state index contributed by atoms with van der Waals surface area (Å²) in [6, 6.07) is 0. The monoisotopic (exact) mass is 340 g/mol. The summed E-state index contributed by atoms with van der Waals surface area (Å²) >= 11 is 1.75. The lowest BCUT2D eigenvalue weighted by molar-refractivity contribution is -0.133. The molecule has 0 aliphatic rings. The van der Waals surface area contributed by atoms with Crippen molar-refractivity contribution in [2.75, 3.05) is 33.2 Å². The molecular weight excluding hydrogens is 304 g/mol. The van der Waals surface area contributed by atoms with Crippen molar-refractivity contribution in [3.05, 3.63) is 22.0 Å². The SMILES string of the molecule is C/C=C(\C)S/C=C(\C)CN(C)CC(=O)N(CC(C)C)CC(C)C. The molecule has 0 atom stereocenters. The van der Waals surface area contributed by atoms with Gasteiger partial charge in [0.05, 0.1) is 6.54 Å². The van der Waals surface area contributed by atoms with Gasteiger partial charge in [-0.1, -0.05) is 39.3 Å². The van der Waals surface area contributed by atoms with E-state index < -0.39 is 0 Å². The van der Waals surface area contributed by atoms with Crippen LogP contribution in [0.2, 0.25) is 0 Å². The van der Waals surface area contributed by atoms with Crippen LogP contribution in [0.25, 0.3) is 0 Å². The molecule has 0 rings (SSSR count). The molecule has 0 bridgehead atoms. The zero-order valence-electron chi connectivity index (χ0n) is 16.3. The van der Waals surface area contributed by atoms with Crippen molar-refractivity contribution < 1.29 is 4.79 Å². The second-order valence-electron chi connectivity index (χ2n) is 7.24. The van der Waals surface area contributed by atoms with Gasteiger partial charge in [0, 0.05) is 19.6 Å². The zero-order valence-corrected chi connectivity index (χ0v) is 17.2. The Labute approximate surface area is 148 Å². The summed E-state index contributed by atoms with van der Waals surface area (Å²) < 4.78 is 0. The summed E-state index contributed by atoms with van der Waals surface area (Å²) in [5, 5.41) is 2.18. The fourth-order valence-corrected chi connectivity index (χ4v) is 2.87. The highest BCUT2D eigenvalue weighted by molar-refractivity contribution is 8.05. The molecule has 0 aromatic rings. The summed E-state index contributed by atoms with van der Waals surface area (Å²) in [7, 11) is 2.02. The van der Waals surface area contributed by atoms with E-state index >= 15 is 0 Å². The van der Waals surface area contributed by atoms with Crippen molar-refractivity contribution >= 4 is 17.7 Å². The number of likely N-dealkylation sites (N-methyl/N-ethyl adjacent to an activating group) is 1. The Bertz CT molecular complexity index is 404. The molecule has 0 radical (unpaired) electrons. The zero-order chi connectivity index (χ0) is 18.0. The van der Waals surface area contributed by atoms with Crippen LogP contribution in [0.5, 0.6) is 0 Å². The molecule has 4 heteroatoms. The van der Waals surface area contributed by atoms with Gasteiger partial charge in [-0.3, -0.25) is 9.69 Å². The number of allylic oxidation sites excluding steroid dienone is 2. The Morgan fingerprint density at radius 1 is 1.04 bits per heavy atom. The van der Waals surface area contributed by atoms with Crippen LogP contribution in [0.1, 0.15) is 48.5 Å². The van der Waals surface area contributed by atoms with Crippen LogP contribution in [0.4, 0.5) is 0 Å². The van der Waals surface area contributed by atoms with Crippen LogP contribution >= 0.6 is 11.8 Å². The molecule has 0 aromatic carbocycles. The van der Waals surface area contributed by atoms with Gasteiger partial charge < -0.3 is 4.90 Å². The number of rotatable bonds is 10. The van der Waals surface area contributed by atoms with Crippen LogP contribution in [0.3, 0.4) is 0 Å².